The van der Waals surface area contributed by atoms with Crippen LogP contribution in [0.15, 0.2) is 30.3 Å². The highest BCUT2D eigenvalue weighted by atomic mass is 16.1. The Labute approximate surface area is 130 Å². The van der Waals surface area contributed by atoms with Crippen LogP contribution in [0.2, 0.25) is 0 Å². The highest BCUT2D eigenvalue weighted by Crippen LogP contribution is 2.09. The van der Waals surface area contributed by atoms with Gasteiger partial charge in [0.15, 0.2) is 0 Å². The molecule has 0 aromatic heterocycles. The maximum Gasteiger partial charge on any atom is 0.150 e. The van der Waals surface area contributed by atoms with Gasteiger partial charge < -0.3 is 4.79 Å². The predicted molar refractivity (Wildman–Crippen MR) is 89.7 cm³/mol. The first kappa shape index (κ1) is 19.6. The zero-order valence-corrected chi connectivity index (χ0v) is 13.4. The molecule has 0 saturated heterocycles. The number of aldehydes is 2. The first-order valence-corrected chi connectivity index (χ1v) is 8.29. The summed E-state index contributed by atoms with van der Waals surface area (Å²) in [7, 11) is 0. The van der Waals surface area contributed by atoms with Gasteiger partial charge in [-0.1, -0.05) is 88.6 Å². The van der Waals surface area contributed by atoms with Gasteiger partial charge in [0.2, 0.25) is 0 Å². The number of carbonyl (C=O) groups is 2. The summed E-state index contributed by atoms with van der Waals surface area (Å²) >= 11 is 0. The molecule has 0 saturated carbocycles. The van der Waals surface area contributed by atoms with Crippen molar-refractivity contribution < 1.29 is 9.59 Å². The average molecular weight is 290 g/mol. The van der Waals surface area contributed by atoms with E-state index in [1.54, 1.807) is 12.1 Å². The molecule has 0 bridgehead atoms. The molecule has 0 atom stereocenters. The third kappa shape index (κ3) is 14.8. The summed E-state index contributed by atoms with van der Waals surface area (Å²) in [5, 5.41) is 0. The van der Waals surface area contributed by atoms with Gasteiger partial charge in [-0.3, -0.25) is 4.79 Å². The molecule has 1 rings (SSSR count). The normalized spacial score (nSPS) is 9.57. The summed E-state index contributed by atoms with van der Waals surface area (Å²) in [5.41, 5.74) is 0.729. The Bertz CT molecular complexity index is 333. The van der Waals surface area contributed by atoms with Gasteiger partial charge >= 0.3 is 0 Å². The lowest BCUT2D eigenvalue weighted by Crippen LogP contribution is -1.81. The van der Waals surface area contributed by atoms with Crippen molar-refractivity contribution in [1.29, 1.82) is 0 Å². The summed E-state index contributed by atoms with van der Waals surface area (Å²) in [5.74, 6) is 0. The molecule has 0 aliphatic rings. The van der Waals surface area contributed by atoms with E-state index in [2.05, 4.69) is 6.92 Å². The third-order valence-electron chi connectivity index (χ3n) is 3.36. The Morgan fingerprint density at radius 3 is 1.71 bits per heavy atom. The fraction of sp³-hybridized carbons (Fsp3) is 0.579. The summed E-state index contributed by atoms with van der Waals surface area (Å²) < 4.78 is 0. The minimum Gasteiger partial charge on any atom is -0.303 e. The zero-order chi connectivity index (χ0) is 15.6. The molecular weight excluding hydrogens is 260 g/mol. The van der Waals surface area contributed by atoms with Crippen LogP contribution >= 0.6 is 0 Å². The van der Waals surface area contributed by atoms with Gasteiger partial charge in [0.05, 0.1) is 0 Å². The van der Waals surface area contributed by atoms with E-state index >= 15 is 0 Å². The van der Waals surface area contributed by atoms with Crippen molar-refractivity contribution in [1.82, 2.24) is 0 Å². The number of hydrogen-bond acceptors (Lipinski definition) is 2. The molecule has 1 aromatic carbocycles. The van der Waals surface area contributed by atoms with Crippen molar-refractivity contribution >= 4 is 12.6 Å². The molecule has 2 nitrogen and oxygen atoms in total. The van der Waals surface area contributed by atoms with Crippen LogP contribution in [0, 0.1) is 0 Å². The van der Waals surface area contributed by atoms with E-state index in [1.807, 2.05) is 18.2 Å². The Kier molecular flexibility index (Phi) is 15.5. The molecular formula is C19H30O2. The summed E-state index contributed by atoms with van der Waals surface area (Å²) in [6.07, 6.45) is 14.6. The smallest absolute Gasteiger partial charge is 0.150 e. The van der Waals surface area contributed by atoms with Crippen molar-refractivity contribution in [3.05, 3.63) is 35.9 Å². The highest BCUT2D eigenvalue weighted by Gasteiger charge is 1.91. The molecule has 0 aliphatic carbocycles. The van der Waals surface area contributed by atoms with Crippen molar-refractivity contribution in [3.8, 4) is 0 Å². The van der Waals surface area contributed by atoms with Crippen LogP contribution in [-0.2, 0) is 4.79 Å². The van der Waals surface area contributed by atoms with Crippen LogP contribution in [0.3, 0.4) is 0 Å². The number of carbonyl (C=O) groups excluding carboxylic acids is 2. The lowest BCUT2D eigenvalue weighted by atomic mass is 10.1. The molecule has 0 unspecified atom stereocenters. The van der Waals surface area contributed by atoms with Crippen LogP contribution in [0.25, 0.3) is 0 Å². The van der Waals surface area contributed by atoms with E-state index in [0.29, 0.717) is 0 Å². The zero-order valence-electron chi connectivity index (χ0n) is 13.4. The fourth-order valence-corrected chi connectivity index (χ4v) is 2.07. The predicted octanol–water partition coefficient (Wildman–Crippen LogP) is 5.61. The molecule has 0 N–H and O–H groups in total. The Balaban J connectivity index is 0.000000423. The average Bonchev–Trinajstić information content (AvgIpc) is 2.55. The maximum absolute atomic E-state index is 10.0. The molecule has 118 valence electrons. The number of unbranched alkanes of at least 4 members (excludes halogenated alkanes) is 9. The second kappa shape index (κ2) is 16.6. The maximum atomic E-state index is 10.0. The van der Waals surface area contributed by atoms with Gasteiger partial charge in [0, 0.05) is 12.0 Å². The summed E-state index contributed by atoms with van der Waals surface area (Å²) in [4.78, 5) is 20.0. The quantitative estimate of drug-likeness (QED) is 0.392. The second-order valence-corrected chi connectivity index (χ2v) is 5.31. The van der Waals surface area contributed by atoms with E-state index < -0.39 is 0 Å². The summed E-state index contributed by atoms with van der Waals surface area (Å²) in [6.45, 7) is 2.25. The molecule has 0 fully saturated rings. The van der Waals surface area contributed by atoms with Crippen LogP contribution in [0.4, 0.5) is 0 Å². The first-order valence-electron chi connectivity index (χ1n) is 8.29. The molecule has 1 aromatic rings. The molecule has 0 aliphatic heterocycles. The molecule has 2 heteroatoms. The van der Waals surface area contributed by atoms with Gasteiger partial charge in [-0.25, -0.2) is 0 Å². The minimum atomic E-state index is 0.729. The SMILES string of the molecule is CCCCCCCCCCCC=O.O=Cc1ccccc1. The van der Waals surface area contributed by atoms with E-state index in [9.17, 15) is 9.59 Å². The highest BCUT2D eigenvalue weighted by molar-refractivity contribution is 5.74. The number of hydrogen-bond donors (Lipinski definition) is 0. The molecule has 0 spiro atoms. The first-order chi connectivity index (χ1) is 10.3. The van der Waals surface area contributed by atoms with Crippen LogP contribution in [0.5, 0.6) is 0 Å². The lowest BCUT2D eigenvalue weighted by molar-refractivity contribution is -0.107. The van der Waals surface area contributed by atoms with Gasteiger partial charge in [-0.2, -0.15) is 0 Å². The second-order valence-electron chi connectivity index (χ2n) is 5.31. The fourth-order valence-electron chi connectivity index (χ4n) is 2.07. The number of benzene rings is 1. The molecule has 21 heavy (non-hydrogen) atoms. The van der Waals surface area contributed by atoms with Crippen LogP contribution < -0.4 is 0 Å². The minimum absolute atomic E-state index is 0.729. The standard InChI is InChI=1S/C12H24O.C7H6O/c1-2-3-4-5-6-7-8-9-10-11-12-13;8-6-7-4-2-1-3-5-7/h12H,2-11H2,1H3;1-6H. The molecule has 0 heterocycles. The van der Waals surface area contributed by atoms with Crippen molar-refractivity contribution in [2.24, 2.45) is 0 Å². The van der Waals surface area contributed by atoms with Crippen LogP contribution in [0.1, 0.15) is 81.5 Å². The Hall–Kier alpha value is -1.44. The summed E-state index contributed by atoms with van der Waals surface area (Å²) in [6, 6.07) is 9.10. The Morgan fingerprint density at radius 1 is 0.762 bits per heavy atom. The van der Waals surface area contributed by atoms with E-state index in [-0.39, 0.29) is 0 Å². The van der Waals surface area contributed by atoms with Crippen molar-refractivity contribution in [2.75, 3.05) is 0 Å². The van der Waals surface area contributed by atoms with Gasteiger partial charge in [-0.05, 0) is 6.42 Å². The Morgan fingerprint density at radius 2 is 1.29 bits per heavy atom. The largest absolute Gasteiger partial charge is 0.303 e. The van der Waals surface area contributed by atoms with Gasteiger partial charge in [0.1, 0.15) is 12.6 Å². The van der Waals surface area contributed by atoms with Gasteiger partial charge in [-0.15, -0.1) is 0 Å². The van der Waals surface area contributed by atoms with E-state index in [0.717, 1.165) is 31.0 Å². The van der Waals surface area contributed by atoms with E-state index in [1.165, 1.54) is 51.4 Å². The molecule has 0 radical (unpaired) electrons. The van der Waals surface area contributed by atoms with Gasteiger partial charge in [0.25, 0.3) is 0 Å². The lowest BCUT2D eigenvalue weighted by Gasteiger charge is -1.99. The number of rotatable bonds is 11. The monoisotopic (exact) mass is 290 g/mol. The van der Waals surface area contributed by atoms with Crippen LogP contribution in [-0.4, -0.2) is 12.6 Å². The van der Waals surface area contributed by atoms with E-state index in [4.69, 9.17) is 0 Å². The van der Waals surface area contributed by atoms with Crippen molar-refractivity contribution in [2.45, 2.75) is 71.1 Å². The molecule has 0 amide bonds. The third-order valence-corrected chi connectivity index (χ3v) is 3.36. The van der Waals surface area contributed by atoms with Crippen molar-refractivity contribution in [3.63, 3.8) is 0 Å². The topological polar surface area (TPSA) is 34.1 Å².